The molecule has 1 saturated heterocycles. The van der Waals surface area contributed by atoms with Crippen LogP contribution in [0.5, 0.6) is 5.75 Å². The van der Waals surface area contributed by atoms with E-state index >= 15 is 0 Å². The van der Waals surface area contributed by atoms with Crippen molar-refractivity contribution >= 4 is 22.9 Å². The van der Waals surface area contributed by atoms with Crippen LogP contribution in [0.1, 0.15) is 28.5 Å². The summed E-state index contributed by atoms with van der Waals surface area (Å²) in [5.41, 5.74) is 5.68. The van der Waals surface area contributed by atoms with E-state index in [4.69, 9.17) is 9.84 Å². The number of ether oxygens (including phenoxy) is 1. The second-order valence-corrected chi connectivity index (χ2v) is 9.72. The van der Waals surface area contributed by atoms with Gasteiger partial charge in [-0.25, -0.2) is 4.68 Å². The first-order valence-corrected chi connectivity index (χ1v) is 12.9. The summed E-state index contributed by atoms with van der Waals surface area (Å²) in [5.74, 6) is 0.905. The van der Waals surface area contributed by atoms with Crippen molar-refractivity contribution in [3.63, 3.8) is 0 Å². The van der Waals surface area contributed by atoms with Crippen LogP contribution in [0.4, 0.5) is 5.69 Å². The third-order valence-corrected chi connectivity index (χ3v) is 7.26. The smallest absolute Gasteiger partial charge is 0.272 e. The molecule has 35 heavy (non-hydrogen) atoms. The Morgan fingerprint density at radius 2 is 1.77 bits per heavy atom. The lowest BCUT2D eigenvalue weighted by atomic mass is 10.1. The van der Waals surface area contributed by atoms with Gasteiger partial charge in [0.05, 0.1) is 22.9 Å². The number of nitrogens with zero attached hydrogens (tertiary/aromatic N) is 4. The summed E-state index contributed by atoms with van der Waals surface area (Å²) in [6, 6.07) is 20.4. The number of aromatic nitrogens is 2. The second kappa shape index (κ2) is 9.96. The minimum absolute atomic E-state index is 0.0129. The number of amides is 1. The molecule has 3 heterocycles. The Bertz CT molecular complexity index is 1320. The first-order valence-electron chi connectivity index (χ1n) is 12.0. The van der Waals surface area contributed by atoms with E-state index in [0.29, 0.717) is 25.4 Å². The average molecular weight is 487 g/mol. The van der Waals surface area contributed by atoms with Crippen LogP contribution in [-0.4, -0.2) is 53.4 Å². The first-order chi connectivity index (χ1) is 17.0. The standard InChI is InChI=1S/C28H30N4O2S/c1-4-34-26-9-6-5-8-23(26)30-13-15-31(16-14-30)28(33)25-19-22(27-10-7-17-35-27)29-32(25)24-18-20(2)11-12-21(24)3/h5-12,17-19H,4,13-16H2,1-3H3. The number of para-hydroxylation sites is 2. The maximum atomic E-state index is 13.8. The van der Waals surface area contributed by atoms with Gasteiger partial charge in [-0.1, -0.05) is 30.3 Å². The number of anilines is 1. The average Bonchev–Trinajstić information content (AvgIpc) is 3.56. The fourth-order valence-corrected chi connectivity index (χ4v) is 5.20. The molecule has 7 heteroatoms. The zero-order valence-electron chi connectivity index (χ0n) is 20.4. The number of rotatable bonds is 6. The van der Waals surface area contributed by atoms with Crippen molar-refractivity contribution in [3.8, 4) is 22.0 Å². The Balaban J connectivity index is 1.42. The highest BCUT2D eigenvalue weighted by atomic mass is 32.1. The lowest BCUT2D eigenvalue weighted by Gasteiger charge is -2.36. The lowest BCUT2D eigenvalue weighted by Crippen LogP contribution is -2.49. The highest BCUT2D eigenvalue weighted by molar-refractivity contribution is 7.13. The molecule has 0 radical (unpaired) electrons. The monoisotopic (exact) mass is 486 g/mol. The van der Waals surface area contributed by atoms with E-state index in [9.17, 15) is 4.79 Å². The van der Waals surface area contributed by atoms with Gasteiger partial charge in [-0.2, -0.15) is 5.10 Å². The van der Waals surface area contributed by atoms with Gasteiger partial charge in [0.15, 0.2) is 0 Å². The predicted octanol–water partition coefficient (Wildman–Crippen LogP) is 5.58. The second-order valence-electron chi connectivity index (χ2n) is 8.77. The molecule has 0 bridgehead atoms. The molecule has 1 aliphatic heterocycles. The van der Waals surface area contributed by atoms with Gasteiger partial charge in [0, 0.05) is 26.2 Å². The number of benzene rings is 2. The van der Waals surface area contributed by atoms with Crippen LogP contribution in [0.15, 0.2) is 66.0 Å². The van der Waals surface area contributed by atoms with Crippen LogP contribution in [0.3, 0.4) is 0 Å². The molecule has 0 saturated carbocycles. The molecule has 5 rings (SSSR count). The van der Waals surface area contributed by atoms with Crippen molar-refractivity contribution < 1.29 is 9.53 Å². The summed E-state index contributed by atoms with van der Waals surface area (Å²) in [4.78, 5) is 19.1. The lowest BCUT2D eigenvalue weighted by molar-refractivity contribution is 0.0737. The third-order valence-electron chi connectivity index (χ3n) is 6.37. The molecule has 1 amide bonds. The maximum Gasteiger partial charge on any atom is 0.272 e. The van der Waals surface area contributed by atoms with Crippen LogP contribution < -0.4 is 9.64 Å². The van der Waals surface area contributed by atoms with Gasteiger partial charge >= 0.3 is 0 Å². The fraction of sp³-hybridized carbons (Fsp3) is 0.286. The van der Waals surface area contributed by atoms with E-state index in [1.165, 1.54) is 0 Å². The number of hydrogen-bond donors (Lipinski definition) is 0. The van der Waals surface area contributed by atoms with Crippen molar-refractivity contribution in [2.24, 2.45) is 0 Å². The quantitative estimate of drug-likeness (QED) is 0.357. The molecule has 0 aliphatic carbocycles. The van der Waals surface area contributed by atoms with Gasteiger partial charge in [0.25, 0.3) is 5.91 Å². The number of aryl methyl sites for hydroxylation is 2. The van der Waals surface area contributed by atoms with Gasteiger partial charge in [0.1, 0.15) is 17.1 Å². The molecule has 4 aromatic rings. The van der Waals surface area contributed by atoms with Crippen LogP contribution in [0.25, 0.3) is 16.3 Å². The van der Waals surface area contributed by atoms with Gasteiger partial charge in [-0.05, 0) is 67.6 Å². The fourth-order valence-electron chi connectivity index (χ4n) is 4.52. The van der Waals surface area contributed by atoms with E-state index in [2.05, 4.69) is 43.0 Å². The Labute approximate surface area is 210 Å². The van der Waals surface area contributed by atoms with Crippen molar-refractivity contribution in [2.45, 2.75) is 20.8 Å². The summed E-state index contributed by atoms with van der Waals surface area (Å²) >= 11 is 1.63. The first kappa shape index (κ1) is 23.2. The Morgan fingerprint density at radius 1 is 0.971 bits per heavy atom. The van der Waals surface area contributed by atoms with Crippen molar-refractivity contribution in [1.29, 1.82) is 0 Å². The summed E-state index contributed by atoms with van der Waals surface area (Å²) < 4.78 is 7.65. The molecule has 0 N–H and O–H groups in total. The number of carbonyl (C=O) groups excluding carboxylic acids is 1. The highest BCUT2D eigenvalue weighted by Crippen LogP contribution is 2.30. The van der Waals surface area contributed by atoms with Crippen LogP contribution >= 0.6 is 11.3 Å². The normalized spacial score (nSPS) is 13.8. The number of hydrogen-bond acceptors (Lipinski definition) is 5. The topological polar surface area (TPSA) is 50.6 Å². The summed E-state index contributed by atoms with van der Waals surface area (Å²) in [7, 11) is 0. The van der Waals surface area contributed by atoms with Crippen molar-refractivity contribution in [1.82, 2.24) is 14.7 Å². The summed E-state index contributed by atoms with van der Waals surface area (Å²) in [6.07, 6.45) is 0. The largest absolute Gasteiger partial charge is 0.492 e. The molecule has 180 valence electrons. The summed E-state index contributed by atoms with van der Waals surface area (Å²) in [5, 5.41) is 6.92. The Hall–Kier alpha value is -3.58. The van der Waals surface area contributed by atoms with Gasteiger partial charge < -0.3 is 14.5 Å². The number of carbonyl (C=O) groups is 1. The molecule has 2 aromatic heterocycles. The Kier molecular flexibility index (Phi) is 6.59. The summed E-state index contributed by atoms with van der Waals surface area (Å²) in [6.45, 7) is 9.55. The number of piperazine rings is 1. The van der Waals surface area contributed by atoms with Gasteiger partial charge in [0.2, 0.25) is 0 Å². The van der Waals surface area contributed by atoms with E-state index in [1.54, 1.807) is 11.3 Å². The molecule has 2 aromatic carbocycles. The Morgan fingerprint density at radius 3 is 2.51 bits per heavy atom. The molecule has 0 atom stereocenters. The minimum atomic E-state index is 0.0129. The highest BCUT2D eigenvalue weighted by Gasteiger charge is 2.27. The molecule has 1 fully saturated rings. The van der Waals surface area contributed by atoms with E-state index in [1.807, 2.05) is 58.3 Å². The van der Waals surface area contributed by atoms with E-state index in [0.717, 1.165) is 51.9 Å². The van der Waals surface area contributed by atoms with Crippen LogP contribution in [0.2, 0.25) is 0 Å². The van der Waals surface area contributed by atoms with E-state index in [-0.39, 0.29) is 5.91 Å². The van der Waals surface area contributed by atoms with Crippen molar-refractivity contribution in [3.05, 3.63) is 82.9 Å². The molecular weight excluding hydrogens is 456 g/mol. The predicted molar refractivity (Wildman–Crippen MR) is 142 cm³/mol. The van der Waals surface area contributed by atoms with Crippen LogP contribution in [0, 0.1) is 13.8 Å². The van der Waals surface area contributed by atoms with Gasteiger partial charge in [-0.3, -0.25) is 4.79 Å². The zero-order chi connectivity index (χ0) is 24.4. The number of thiophene rings is 1. The zero-order valence-corrected chi connectivity index (χ0v) is 21.2. The minimum Gasteiger partial charge on any atom is -0.492 e. The maximum absolute atomic E-state index is 13.8. The van der Waals surface area contributed by atoms with E-state index < -0.39 is 0 Å². The molecular formula is C28H30N4O2S. The SMILES string of the molecule is CCOc1ccccc1N1CCN(C(=O)c2cc(-c3cccs3)nn2-c2cc(C)ccc2C)CC1. The molecule has 0 spiro atoms. The van der Waals surface area contributed by atoms with Crippen molar-refractivity contribution in [2.75, 3.05) is 37.7 Å². The molecule has 0 unspecified atom stereocenters. The molecule has 1 aliphatic rings. The molecule has 6 nitrogen and oxygen atoms in total. The third kappa shape index (κ3) is 4.68. The van der Waals surface area contributed by atoms with Crippen LogP contribution in [-0.2, 0) is 0 Å². The van der Waals surface area contributed by atoms with Gasteiger partial charge in [-0.15, -0.1) is 11.3 Å².